The predicted octanol–water partition coefficient (Wildman–Crippen LogP) is 0.829. The summed E-state index contributed by atoms with van der Waals surface area (Å²) in [6.45, 7) is 15.3. The zero-order valence-electron chi connectivity index (χ0n) is 29.2. The van der Waals surface area contributed by atoms with Gasteiger partial charge in [-0.1, -0.05) is 13.8 Å². The van der Waals surface area contributed by atoms with Crippen LogP contribution in [0.25, 0.3) is 0 Å². The van der Waals surface area contributed by atoms with Crippen LogP contribution in [-0.2, 0) is 28.5 Å². The monoisotopic (exact) mass is 640 g/mol. The number of likely N-dealkylation sites (N-methyl/N-ethyl adjacent to an activating group) is 2. The number of carbonyl (C=O) groups excluding carboxylic acids is 2. The molecule has 260 valence electrons. The van der Waals surface area contributed by atoms with Crippen molar-refractivity contribution < 1.29 is 33.6 Å². The first-order valence-corrected chi connectivity index (χ1v) is 16.3. The fourth-order valence-corrected chi connectivity index (χ4v) is 7.25. The first kappa shape index (κ1) is 37.6. The molecule has 3 rings (SSSR count). The van der Waals surface area contributed by atoms with Crippen molar-refractivity contribution >= 4 is 17.7 Å². The molecular formula is C32H60N6O7. The molecule has 0 aromatic carbocycles. The molecule has 3 aliphatic rings. The SMILES string of the molecule is CO[C@]1(C)C[C@@H](C)CN(C)[C@H](CN2CCN(C(=N)N)CC2)COC(=O)C(C)(C)C(=O)[C@H](C)[C@H]1O[C@@H]1O[C@H](C)C[C@H](N(C)C)[C@H]1O. The molecule has 0 amide bonds. The zero-order chi connectivity index (χ0) is 33.9. The van der Waals surface area contributed by atoms with Crippen LogP contribution in [0.1, 0.15) is 54.4 Å². The van der Waals surface area contributed by atoms with Crippen LogP contribution in [0, 0.1) is 22.7 Å². The fourth-order valence-electron chi connectivity index (χ4n) is 7.25. The molecule has 3 fully saturated rings. The number of aliphatic hydroxyl groups excluding tert-OH is 1. The van der Waals surface area contributed by atoms with Crippen LogP contribution in [-0.4, -0.2) is 159 Å². The Labute approximate surface area is 270 Å². The Bertz CT molecular complexity index is 1020. The van der Waals surface area contributed by atoms with E-state index in [0.29, 0.717) is 39.0 Å². The van der Waals surface area contributed by atoms with Crippen LogP contribution in [0.3, 0.4) is 0 Å². The van der Waals surface area contributed by atoms with Gasteiger partial charge in [-0.2, -0.15) is 0 Å². The van der Waals surface area contributed by atoms with E-state index in [1.54, 1.807) is 27.9 Å². The zero-order valence-corrected chi connectivity index (χ0v) is 29.2. The predicted molar refractivity (Wildman–Crippen MR) is 172 cm³/mol. The molecule has 0 bridgehead atoms. The number of guanidine groups is 1. The molecule has 0 spiro atoms. The second-order valence-electron chi connectivity index (χ2n) is 14.6. The average Bonchev–Trinajstić information content (AvgIpc) is 2.97. The van der Waals surface area contributed by atoms with Gasteiger partial charge in [0.05, 0.1) is 23.9 Å². The molecule has 4 N–H and O–H groups in total. The number of esters is 1. The van der Waals surface area contributed by atoms with E-state index >= 15 is 0 Å². The maximum Gasteiger partial charge on any atom is 0.319 e. The van der Waals surface area contributed by atoms with Crippen LogP contribution in [0.15, 0.2) is 0 Å². The van der Waals surface area contributed by atoms with Crippen LogP contribution in [0.2, 0.25) is 0 Å². The minimum absolute atomic E-state index is 0.0813. The smallest absolute Gasteiger partial charge is 0.319 e. The topological polar surface area (TPSA) is 154 Å². The van der Waals surface area contributed by atoms with E-state index in [9.17, 15) is 14.7 Å². The number of ketones is 1. The van der Waals surface area contributed by atoms with Crippen molar-refractivity contribution in [1.29, 1.82) is 5.41 Å². The van der Waals surface area contributed by atoms with Gasteiger partial charge in [0, 0.05) is 58.3 Å². The van der Waals surface area contributed by atoms with Crippen molar-refractivity contribution in [2.75, 3.05) is 74.1 Å². The summed E-state index contributed by atoms with van der Waals surface area (Å²) in [5.74, 6) is -1.49. The second kappa shape index (κ2) is 15.4. The number of methoxy groups -OCH3 is 1. The second-order valence-corrected chi connectivity index (χ2v) is 14.6. The summed E-state index contributed by atoms with van der Waals surface area (Å²) in [6.07, 6.45) is -1.70. The molecule has 3 saturated heterocycles. The van der Waals surface area contributed by atoms with E-state index in [1.165, 1.54) is 0 Å². The van der Waals surface area contributed by atoms with Gasteiger partial charge in [-0.3, -0.25) is 24.8 Å². The van der Waals surface area contributed by atoms with Crippen LogP contribution < -0.4 is 5.73 Å². The summed E-state index contributed by atoms with van der Waals surface area (Å²) in [5.41, 5.74) is 3.30. The van der Waals surface area contributed by atoms with Gasteiger partial charge in [0.1, 0.15) is 18.1 Å². The molecule has 0 unspecified atom stereocenters. The number of nitrogens with two attached hydrogens (primary N) is 1. The highest BCUT2D eigenvalue weighted by atomic mass is 16.7. The largest absolute Gasteiger partial charge is 0.463 e. The van der Waals surface area contributed by atoms with Crippen LogP contribution >= 0.6 is 0 Å². The molecule has 0 saturated carbocycles. The van der Waals surface area contributed by atoms with E-state index in [0.717, 1.165) is 13.1 Å². The summed E-state index contributed by atoms with van der Waals surface area (Å²) in [4.78, 5) is 36.1. The first-order valence-electron chi connectivity index (χ1n) is 16.3. The van der Waals surface area contributed by atoms with Crippen LogP contribution in [0.4, 0.5) is 0 Å². The highest BCUT2D eigenvalue weighted by Gasteiger charge is 2.51. The van der Waals surface area contributed by atoms with Gasteiger partial charge in [-0.25, -0.2) is 0 Å². The quantitative estimate of drug-likeness (QED) is 0.163. The van der Waals surface area contributed by atoms with Gasteiger partial charge in [0.15, 0.2) is 18.0 Å². The lowest BCUT2D eigenvalue weighted by molar-refractivity contribution is -0.295. The molecule has 0 radical (unpaired) electrons. The summed E-state index contributed by atoms with van der Waals surface area (Å²) >= 11 is 0. The maximum absolute atomic E-state index is 14.2. The molecule has 0 aliphatic carbocycles. The number of nitrogens with one attached hydrogen (secondary N) is 1. The van der Waals surface area contributed by atoms with Crippen molar-refractivity contribution in [1.82, 2.24) is 19.6 Å². The van der Waals surface area contributed by atoms with Crippen molar-refractivity contribution in [3.63, 3.8) is 0 Å². The Morgan fingerprint density at radius 2 is 1.76 bits per heavy atom. The molecule has 45 heavy (non-hydrogen) atoms. The molecule has 3 aliphatic heterocycles. The third kappa shape index (κ3) is 8.94. The summed E-state index contributed by atoms with van der Waals surface area (Å²) in [6, 6.07) is -0.296. The highest BCUT2D eigenvalue weighted by Crippen LogP contribution is 2.38. The van der Waals surface area contributed by atoms with Gasteiger partial charge < -0.3 is 39.6 Å². The normalized spacial score (nSPS) is 38.3. The Morgan fingerprint density at radius 1 is 1.13 bits per heavy atom. The number of Topliss-reactive ketones (excluding diaryl/α,β-unsaturated/α-hetero) is 1. The van der Waals surface area contributed by atoms with Gasteiger partial charge in [0.25, 0.3) is 0 Å². The number of rotatable bonds is 6. The molecule has 9 atom stereocenters. The minimum Gasteiger partial charge on any atom is -0.463 e. The molecule has 0 aromatic rings. The van der Waals surface area contributed by atoms with Gasteiger partial charge >= 0.3 is 5.97 Å². The number of hydrogen-bond donors (Lipinski definition) is 3. The van der Waals surface area contributed by atoms with E-state index in [4.69, 9.17) is 30.1 Å². The van der Waals surface area contributed by atoms with Crippen molar-refractivity contribution in [2.45, 2.75) is 96.7 Å². The minimum atomic E-state index is -1.45. The number of nitrogens with zero attached hydrogens (tertiary/aromatic N) is 4. The third-order valence-electron chi connectivity index (χ3n) is 10.2. The Morgan fingerprint density at radius 3 is 2.31 bits per heavy atom. The van der Waals surface area contributed by atoms with Crippen molar-refractivity contribution in [3.8, 4) is 0 Å². The first-order chi connectivity index (χ1) is 20.9. The number of aliphatic hydroxyl groups is 1. The lowest BCUT2D eigenvalue weighted by Gasteiger charge is -2.47. The lowest BCUT2D eigenvalue weighted by Crippen LogP contribution is -2.59. The number of ether oxygens (including phenoxy) is 4. The van der Waals surface area contributed by atoms with Gasteiger partial charge in [-0.05, 0) is 67.6 Å². The Kier molecular flexibility index (Phi) is 12.8. The fraction of sp³-hybridized carbons (Fsp3) is 0.906. The molecular weight excluding hydrogens is 580 g/mol. The summed E-state index contributed by atoms with van der Waals surface area (Å²) < 4.78 is 24.9. The van der Waals surface area contributed by atoms with E-state index in [1.807, 2.05) is 44.8 Å². The van der Waals surface area contributed by atoms with E-state index < -0.39 is 41.4 Å². The lowest BCUT2D eigenvalue weighted by atomic mass is 9.74. The van der Waals surface area contributed by atoms with Crippen molar-refractivity contribution in [2.24, 2.45) is 23.0 Å². The highest BCUT2D eigenvalue weighted by molar-refractivity contribution is 6.04. The number of hydrogen-bond acceptors (Lipinski definition) is 11. The molecule has 3 heterocycles. The standard InChI is InChI=1S/C32H60N6O7/c1-20-16-32(6,42-10)27(45-28-25(39)24(35(7)8)15-21(2)44-28)22(3)26(40)31(4,5)29(41)43-19-23(36(9)17-20)18-37-11-13-38(14-12-37)30(33)34/h20-25,27-28,39H,11-19H2,1-10H3,(H3,33,34)/t20-,21-,22+,23-,24+,25-,27-,28+,32-/m1/s1. The Hall–Kier alpha value is -1.87. The molecule has 13 nitrogen and oxygen atoms in total. The Balaban J connectivity index is 1.92. The summed E-state index contributed by atoms with van der Waals surface area (Å²) in [5, 5.41) is 19.0. The summed E-state index contributed by atoms with van der Waals surface area (Å²) in [7, 11) is 7.48. The third-order valence-corrected chi connectivity index (χ3v) is 10.2. The number of piperazine rings is 1. The maximum atomic E-state index is 14.2. The van der Waals surface area contributed by atoms with Crippen molar-refractivity contribution in [3.05, 3.63) is 0 Å². The van der Waals surface area contributed by atoms with E-state index in [2.05, 4.69) is 16.7 Å². The molecule has 0 aromatic heterocycles. The average molecular weight is 641 g/mol. The van der Waals surface area contributed by atoms with Crippen LogP contribution in [0.5, 0.6) is 0 Å². The van der Waals surface area contributed by atoms with Gasteiger partial charge in [0.2, 0.25) is 0 Å². The van der Waals surface area contributed by atoms with E-state index in [-0.39, 0.29) is 42.5 Å². The number of carbonyl (C=O) groups is 2. The van der Waals surface area contributed by atoms with Gasteiger partial charge in [-0.15, -0.1) is 0 Å². The molecule has 13 heteroatoms. The number of cyclic esters (lactones) is 1.